The molecule has 1 aliphatic heterocycles. The molecule has 1 aromatic heterocycles. The predicted octanol–water partition coefficient (Wildman–Crippen LogP) is 2.30. The van der Waals surface area contributed by atoms with Crippen molar-refractivity contribution in [2.45, 2.75) is 25.2 Å². The summed E-state index contributed by atoms with van der Waals surface area (Å²) in [4.78, 5) is 23.3. The number of carbonyl (C=O) groups is 1. The Labute approximate surface area is 155 Å². The first-order valence-corrected chi connectivity index (χ1v) is 9.21. The van der Waals surface area contributed by atoms with E-state index in [9.17, 15) is 4.79 Å². The van der Waals surface area contributed by atoms with Gasteiger partial charge in [-0.2, -0.15) is 0 Å². The Morgan fingerprint density at radius 1 is 1.15 bits per heavy atom. The molecule has 0 bridgehead atoms. The number of amides is 1. The lowest BCUT2D eigenvalue weighted by atomic mass is 9.72. The number of likely N-dealkylation sites (tertiary alicyclic amines) is 1. The normalized spacial score (nSPS) is 16.8. The molecule has 1 aromatic carbocycles. The number of rotatable bonds is 6. The quantitative estimate of drug-likeness (QED) is 0.834. The van der Waals surface area contributed by atoms with Crippen molar-refractivity contribution in [3.05, 3.63) is 53.9 Å². The number of hydrogen-bond donors (Lipinski definition) is 2. The number of benzene rings is 1. The molecule has 0 spiro atoms. The smallest absolute Gasteiger partial charge is 0.254 e. The highest BCUT2D eigenvalue weighted by atomic mass is 16.1. The molecule has 1 saturated heterocycles. The van der Waals surface area contributed by atoms with Gasteiger partial charge in [0.2, 0.25) is 5.95 Å². The van der Waals surface area contributed by atoms with E-state index in [4.69, 9.17) is 0 Å². The molecule has 2 aromatic rings. The van der Waals surface area contributed by atoms with E-state index in [0.29, 0.717) is 18.1 Å². The maximum absolute atomic E-state index is 12.6. The molecule has 0 unspecified atom stereocenters. The lowest BCUT2D eigenvalue weighted by Crippen LogP contribution is -2.48. The highest BCUT2D eigenvalue weighted by Crippen LogP contribution is 2.34. The van der Waals surface area contributed by atoms with Gasteiger partial charge in [0.1, 0.15) is 0 Å². The Kier molecular flexibility index (Phi) is 5.83. The topological polar surface area (TPSA) is 70.2 Å². The summed E-state index contributed by atoms with van der Waals surface area (Å²) in [7, 11) is 2.15. The number of nitrogens with zero attached hydrogens (tertiary/aromatic N) is 3. The zero-order valence-electron chi connectivity index (χ0n) is 15.5. The van der Waals surface area contributed by atoms with Gasteiger partial charge in [-0.3, -0.25) is 4.79 Å². The van der Waals surface area contributed by atoms with E-state index in [1.807, 2.05) is 13.0 Å². The number of aromatic nitrogens is 2. The van der Waals surface area contributed by atoms with Crippen LogP contribution in [0, 0.1) is 0 Å². The van der Waals surface area contributed by atoms with Gasteiger partial charge in [-0.05, 0) is 45.5 Å². The average Bonchev–Trinajstić information content (AvgIpc) is 2.69. The fourth-order valence-electron chi connectivity index (χ4n) is 3.45. The van der Waals surface area contributed by atoms with E-state index in [0.717, 1.165) is 32.5 Å². The Morgan fingerprint density at radius 2 is 1.81 bits per heavy atom. The molecule has 1 aliphatic rings. The number of anilines is 1. The van der Waals surface area contributed by atoms with Gasteiger partial charge in [-0.15, -0.1) is 0 Å². The van der Waals surface area contributed by atoms with Crippen LogP contribution in [0.2, 0.25) is 0 Å². The Bertz CT molecular complexity index is 709. The first-order chi connectivity index (χ1) is 12.6. The summed E-state index contributed by atoms with van der Waals surface area (Å²) in [5, 5.41) is 6.15. The van der Waals surface area contributed by atoms with Gasteiger partial charge in [-0.25, -0.2) is 9.97 Å². The first kappa shape index (κ1) is 18.3. The summed E-state index contributed by atoms with van der Waals surface area (Å²) in [6.45, 7) is 5.42. The summed E-state index contributed by atoms with van der Waals surface area (Å²) in [6, 6.07) is 10.5. The summed E-state index contributed by atoms with van der Waals surface area (Å²) in [5.41, 5.74) is 1.77. The second-order valence-electron chi connectivity index (χ2n) is 6.96. The molecule has 138 valence electrons. The van der Waals surface area contributed by atoms with E-state index in [2.05, 4.69) is 56.8 Å². The summed E-state index contributed by atoms with van der Waals surface area (Å²) < 4.78 is 0. The minimum Gasteiger partial charge on any atom is -0.355 e. The van der Waals surface area contributed by atoms with Gasteiger partial charge < -0.3 is 15.5 Å². The van der Waals surface area contributed by atoms with Crippen molar-refractivity contribution in [3.8, 4) is 0 Å². The molecule has 0 aliphatic carbocycles. The van der Waals surface area contributed by atoms with Crippen molar-refractivity contribution in [1.82, 2.24) is 20.2 Å². The van der Waals surface area contributed by atoms with Crippen LogP contribution in [0.25, 0.3) is 0 Å². The van der Waals surface area contributed by atoms with Crippen LogP contribution in [0.15, 0.2) is 42.7 Å². The van der Waals surface area contributed by atoms with Crippen LogP contribution in [0.5, 0.6) is 0 Å². The number of carbonyl (C=O) groups excluding carboxylic acids is 1. The van der Waals surface area contributed by atoms with Crippen LogP contribution >= 0.6 is 0 Å². The Hall–Kier alpha value is -2.47. The third-order valence-electron chi connectivity index (χ3n) is 5.17. The van der Waals surface area contributed by atoms with Crippen LogP contribution in [0.4, 0.5) is 5.95 Å². The summed E-state index contributed by atoms with van der Waals surface area (Å²) in [6.07, 6.45) is 5.21. The van der Waals surface area contributed by atoms with Crippen LogP contribution in [0.1, 0.15) is 35.7 Å². The van der Waals surface area contributed by atoms with Gasteiger partial charge in [0.05, 0.1) is 5.56 Å². The van der Waals surface area contributed by atoms with Crippen molar-refractivity contribution in [2.75, 3.05) is 38.5 Å². The van der Waals surface area contributed by atoms with Gasteiger partial charge in [-0.1, -0.05) is 30.3 Å². The molecule has 1 fully saturated rings. The van der Waals surface area contributed by atoms with Crippen LogP contribution in [-0.4, -0.2) is 54.0 Å². The molecule has 0 radical (unpaired) electrons. The van der Waals surface area contributed by atoms with Crippen molar-refractivity contribution in [3.63, 3.8) is 0 Å². The largest absolute Gasteiger partial charge is 0.355 e. The molecular weight excluding hydrogens is 326 g/mol. The third-order valence-corrected chi connectivity index (χ3v) is 5.17. The second-order valence-corrected chi connectivity index (χ2v) is 6.96. The number of nitrogens with one attached hydrogen (secondary N) is 2. The number of hydrogen-bond acceptors (Lipinski definition) is 5. The predicted molar refractivity (Wildman–Crippen MR) is 103 cm³/mol. The van der Waals surface area contributed by atoms with E-state index in [1.165, 1.54) is 5.56 Å². The maximum atomic E-state index is 12.6. The molecule has 0 saturated carbocycles. The molecule has 1 amide bonds. The molecule has 2 N–H and O–H groups in total. The van der Waals surface area contributed by atoms with E-state index >= 15 is 0 Å². The zero-order chi connectivity index (χ0) is 18.4. The lowest BCUT2D eigenvalue weighted by molar-refractivity contribution is 0.0927. The monoisotopic (exact) mass is 353 g/mol. The second kappa shape index (κ2) is 8.27. The molecular formula is C20H27N5O. The fraction of sp³-hybridized carbons (Fsp3) is 0.450. The first-order valence-electron chi connectivity index (χ1n) is 9.21. The minimum absolute atomic E-state index is 0.0198. The van der Waals surface area contributed by atoms with Crippen LogP contribution in [0.3, 0.4) is 0 Å². The van der Waals surface area contributed by atoms with Crippen LogP contribution < -0.4 is 10.6 Å². The minimum atomic E-state index is -0.123. The zero-order valence-corrected chi connectivity index (χ0v) is 15.5. The van der Waals surface area contributed by atoms with Gasteiger partial charge in [0, 0.05) is 30.9 Å². The van der Waals surface area contributed by atoms with E-state index in [1.54, 1.807) is 12.4 Å². The lowest BCUT2D eigenvalue weighted by Gasteiger charge is -2.41. The molecule has 3 rings (SSSR count). The van der Waals surface area contributed by atoms with E-state index < -0.39 is 0 Å². The van der Waals surface area contributed by atoms with Crippen molar-refractivity contribution in [1.29, 1.82) is 0 Å². The number of piperidine rings is 1. The molecule has 0 atom stereocenters. The molecule has 26 heavy (non-hydrogen) atoms. The average molecular weight is 353 g/mol. The van der Waals surface area contributed by atoms with Gasteiger partial charge in [0.15, 0.2) is 0 Å². The van der Waals surface area contributed by atoms with Crippen LogP contribution in [-0.2, 0) is 5.41 Å². The highest BCUT2D eigenvalue weighted by Gasteiger charge is 2.35. The van der Waals surface area contributed by atoms with Gasteiger partial charge in [0.25, 0.3) is 5.91 Å². The molecule has 6 heteroatoms. The fourth-order valence-corrected chi connectivity index (χ4v) is 3.45. The third kappa shape index (κ3) is 4.19. The standard InChI is InChI=1S/C20H27N5O/c1-3-21-19-22-13-16(14-23-19)18(26)24-15-20(9-11-25(2)12-10-20)17-7-5-4-6-8-17/h4-8,13-14H,3,9-12,15H2,1-2H3,(H,24,26)(H,21,22,23). The molecule has 6 nitrogen and oxygen atoms in total. The Morgan fingerprint density at radius 3 is 2.42 bits per heavy atom. The van der Waals surface area contributed by atoms with Crippen molar-refractivity contribution in [2.24, 2.45) is 0 Å². The summed E-state index contributed by atoms with van der Waals surface area (Å²) >= 11 is 0. The summed E-state index contributed by atoms with van der Waals surface area (Å²) in [5.74, 6) is 0.419. The van der Waals surface area contributed by atoms with Gasteiger partial charge >= 0.3 is 0 Å². The maximum Gasteiger partial charge on any atom is 0.254 e. The Balaban J connectivity index is 1.70. The molecule has 2 heterocycles. The van der Waals surface area contributed by atoms with E-state index in [-0.39, 0.29) is 11.3 Å². The highest BCUT2D eigenvalue weighted by molar-refractivity contribution is 5.93. The SMILES string of the molecule is CCNc1ncc(C(=O)NCC2(c3ccccc3)CCN(C)CC2)cn1. The van der Waals surface area contributed by atoms with Crippen molar-refractivity contribution < 1.29 is 4.79 Å². The van der Waals surface area contributed by atoms with Crippen molar-refractivity contribution >= 4 is 11.9 Å².